The Morgan fingerprint density at radius 3 is 2.19 bits per heavy atom. The van der Waals surface area contributed by atoms with Crippen LogP contribution < -0.4 is 15.5 Å². The lowest BCUT2D eigenvalue weighted by atomic mass is 9.91. The number of hydrogen-bond acceptors (Lipinski definition) is 6. The predicted molar refractivity (Wildman–Crippen MR) is 139 cm³/mol. The van der Waals surface area contributed by atoms with Crippen molar-refractivity contribution in [3.05, 3.63) is 89.6 Å². The molecule has 3 aromatic carbocycles. The summed E-state index contributed by atoms with van der Waals surface area (Å²) >= 11 is 0. The average Bonchev–Trinajstić information content (AvgIpc) is 2.89. The van der Waals surface area contributed by atoms with E-state index in [0.29, 0.717) is 16.7 Å². The largest absolute Gasteiger partial charge is 0.478 e. The van der Waals surface area contributed by atoms with Crippen LogP contribution in [0.3, 0.4) is 0 Å². The van der Waals surface area contributed by atoms with Crippen LogP contribution in [0, 0.1) is 0 Å². The van der Waals surface area contributed by atoms with Gasteiger partial charge in [0.25, 0.3) is 11.8 Å². The summed E-state index contributed by atoms with van der Waals surface area (Å²) in [5.41, 5.74) is 5.00. The number of fused-ring (bicyclic) bond motifs is 1. The van der Waals surface area contributed by atoms with E-state index in [1.165, 1.54) is 12.1 Å². The molecule has 8 heteroatoms. The Labute approximate surface area is 208 Å². The van der Waals surface area contributed by atoms with Gasteiger partial charge in [-0.15, -0.1) is 0 Å². The monoisotopic (exact) mass is 482 g/mol. The Morgan fingerprint density at radius 2 is 1.53 bits per heavy atom. The molecule has 182 valence electrons. The number of likely N-dealkylation sites (N-methyl/N-ethyl adjacent to an activating group) is 1. The van der Waals surface area contributed by atoms with Crippen molar-refractivity contribution >= 4 is 34.7 Å². The highest BCUT2D eigenvalue weighted by atomic mass is 16.4. The summed E-state index contributed by atoms with van der Waals surface area (Å²) in [7, 11) is 2.13. The zero-order chi connectivity index (χ0) is 25.2. The third-order valence-corrected chi connectivity index (χ3v) is 6.61. The summed E-state index contributed by atoms with van der Waals surface area (Å²) < 4.78 is 0. The third-order valence-electron chi connectivity index (χ3n) is 6.61. The van der Waals surface area contributed by atoms with E-state index in [1.807, 2.05) is 12.1 Å². The Kier molecular flexibility index (Phi) is 6.26. The van der Waals surface area contributed by atoms with E-state index in [-0.39, 0.29) is 5.56 Å². The highest BCUT2D eigenvalue weighted by molar-refractivity contribution is 6.31. The molecule has 1 fully saturated rings. The van der Waals surface area contributed by atoms with Crippen LogP contribution in [-0.4, -0.2) is 61.0 Å². The second kappa shape index (κ2) is 9.67. The summed E-state index contributed by atoms with van der Waals surface area (Å²) in [6.07, 6.45) is 1.61. The van der Waals surface area contributed by atoms with Gasteiger partial charge in [0.1, 0.15) is 0 Å². The van der Waals surface area contributed by atoms with Crippen LogP contribution in [0.25, 0.3) is 16.7 Å². The fraction of sp³-hybridized carbons (Fsp3) is 0.179. The van der Waals surface area contributed by atoms with Gasteiger partial charge in [-0.2, -0.15) is 0 Å². The maximum absolute atomic E-state index is 12.7. The smallest absolute Gasteiger partial charge is 0.335 e. The molecule has 2 aliphatic heterocycles. The number of carbonyl (C=O) groups excluding carboxylic acids is 2. The number of amides is 2. The second-order valence-corrected chi connectivity index (χ2v) is 8.97. The normalized spacial score (nSPS) is 17.0. The van der Waals surface area contributed by atoms with Crippen molar-refractivity contribution in [2.45, 2.75) is 0 Å². The van der Waals surface area contributed by atoms with E-state index in [0.717, 1.165) is 48.7 Å². The van der Waals surface area contributed by atoms with Gasteiger partial charge in [0, 0.05) is 54.9 Å². The van der Waals surface area contributed by atoms with Gasteiger partial charge >= 0.3 is 5.97 Å². The van der Waals surface area contributed by atoms with Gasteiger partial charge in [0.05, 0.1) is 11.1 Å². The predicted octanol–water partition coefficient (Wildman–Crippen LogP) is 3.53. The zero-order valence-corrected chi connectivity index (χ0v) is 19.8. The number of carboxylic acid groups (broad SMARTS) is 1. The first-order valence-corrected chi connectivity index (χ1v) is 11.7. The van der Waals surface area contributed by atoms with Crippen molar-refractivity contribution in [2.75, 3.05) is 43.4 Å². The quantitative estimate of drug-likeness (QED) is 0.378. The minimum Gasteiger partial charge on any atom is -0.478 e. The highest BCUT2D eigenvalue weighted by Crippen LogP contribution is 2.30. The first-order chi connectivity index (χ1) is 17.4. The first kappa shape index (κ1) is 23.3. The lowest BCUT2D eigenvalue weighted by molar-refractivity contribution is -0.114. The molecular weight excluding hydrogens is 456 g/mol. The van der Waals surface area contributed by atoms with Crippen LogP contribution >= 0.6 is 0 Å². The standard InChI is InChI=1S/C28H26N4O4/c1-31-12-14-32(15-13-31)22-9-7-21(8-10-22)29-17-25-24-16-20(6-11-23(24)26(33)30-27(25)34)18-2-4-19(5-3-18)28(35)36/h2-11,16-17,29H,12-15H2,1H3,(H,35,36)(H,30,33,34). The molecule has 5 rings (SSSR count). The van der Waals surface area contributed by atoms with Crippen molar-refractivity contribution in [3.63, 3.8) is 0 Å². The van der Waals surface area contributed by atoms with Crippen molar-refractivity contribution < 1.29 is 19.5 Å². The van der Waals surface area contributed by atoms with Crippen LogP contribution in [0.2, 0.25) is 0 Å². The molecule has 0 unspecified atom stereocenters. The molecule has 0 atom stereocenters. The number of piperazine rings is 1. The fourth-order valence-corrected chi connectivity index (χ4v) is 4.44. The van der Waals surface area contributed by atoms with E-state index < -0.39 is 17.8 Å². The molecule has 2 heterocycles. The van der Waals surface area contributed by atoms with E-state index in [9.17, 15) is 14.4 Å². The number of hydrogen-bond donors (Lipinski definition) is 3. The Hall–Kier alpha value is -4.43. The minimum atomic E-state index is -0.998. The molecule has 1 saturated heterocycles. The van der Waals surface area contributed by atoms with Gasteiger partial charge in [0.15, 0.2) is 0 Å². The number of aromatic carboxylic acids is 1. The number of benzene rings is 3. The number of imide groups is 1. The molecule has 0 bridgehead atoms. The molecule has 3 aromatic rings. The van der Waals surface area contributed by atoms with Gasteiger partial charge in [0.2, 0.25) is 0 Å². The molecule has 2 amide bonds. The molecular formula is C28H26N4O4. The number of carbonyl (C=O) groups is 3. The Balaban J connectivity index is 1.40. The van der Waals surface area contributed by atoms with Crippen LogP contribution in [0.5, 0.6) is 0 Å². The number of anilines is 2. The van der Waals surface area contributed by atoms with Crippen LogP contribution in [-0.2, 0) is 4.79 Å². The third kappa shape index (κ3) is 4.71. The number of carboxylic acids is 1. The molecule has 2 aliphatic rings. The maximum atomic E-state index is 12.7. The van der Waals surface area contributed by atoms with Gasteiger partial charge in [-0.3, -0.25) is 14.9 Å². The summed E-state index contributed by atoms with van der Waals surface area (Å²) in [6, 6.07) is 19.8. The van der Waals surface area contributed by atoms with Gasteiger partial charge in [-0.25, -0.2) is 4.79 Å². The summed E-state index contributed by atoms with van der Waals surface area (Å²) in [5, 5.41) is 14.7. The lowest BCUT2D eigenvalue weighted by Crippen LogP contribution is -2.44. The number of nitrogens with zero attached hydrogens (tertiary/aromatic N) is 2. The molecule has 0 radical (unpaired) electrons. The highest BCUT2D eigenvalue weighted by Gasteiger charge is 2.27. The topological polar surface area (TPSA) is 102 Å². The van der Waals surface area contributed by atoms with Crippen LogP contribution in [0.4, 0.5) is 11.4 Å². The number of rotatable bonds is 5. The van der Waals surface area contributed by atoms with Gasteiger partial charge < -0.3 is 20.2 Å². The van der Waals surface area contributed by atoms with Crippen molar-refractivity contribution in [1.82, 2.24) is 10.2 Å². The molecule has 0 aromatic heterocycles. The Bertz CT molecular complexity index is 1360. The molecule has 0 saturated carbocycles. The van der Waals surface area contributed by atoms with Crippen LogP contribution in [0.1, 0.15) is 26.3 Å². The molecule has 0 aliphatic carbocycles. The van der Waals surface area contributed by atoms with Crippen molar-refractivity contribution in [1.29, 1.82) is 0 Å². The van der Waals surface area contributed by atoms with E-state index in [2.05, 4.69) is 39.6 Å². The summed E-state index contributed by atoms with van der Waals surface area (Å²) in [6.45, 7) is 4.04. The average molecular weight is 483 g/mol. The lowest BCUT2D eigenvalue weighted by Gasteiger charge is -2.34. The van der Waals surface area contributed by atoms with E-state index in [4.69, 9.17) is 5.11 Å². The molecule has 36 heavy (non-hydrogen) atoms. The summed E-state index contributed by atoms with van der Waals surface area (Å²) in [4.78, 5) is 41.0. The first-order valence-electron chi connectivity index (χ1n) is 11.7. The van der Waals surface area contributed by atoms with Gasteiger partial charge in [-0.05, 0) is 66.7 Å². The molecule has 3 N–H and O–H groups in total. The van der Waals surface area contributed by atoms with E-state index in [1.54, 1.807) is 36.5 Å². The SMILES string of the molecule is CN1CCN(c2ccc(NC=C3C(=O)NC(=O)c4ccc(-c5ccc(C(=O)O)cc5)cc43)cc2)CC1. The Morgan fingerprint density at radius 1 is 0.861 bits per heavy atom. The summed E-state index contributed by atoms with van der Waals surface area (Å²) in [5.74, 6) is -1.92. The fourth-order valence-electron chi connectivity index (χ4n) is 4.44. The van der Waals surface area contributed by atoms with Crippen LogP contribution in [0.15, 0.2) is 72.9 Å². The molecule has 8 nitrogen and oxygen atoms in total. The zero-order valence-electron chi connectivity index (χ0n) is 19.8. The van der Waals surface area contributed by atoms with E-state index >= 15 is 0 Å². The maximum Gasteiger partial charge on any atom is 0.335 e. The van der Waals surface area contributed by atoms with Gasteiger partial charge in [-0.1, -0.05) is 18.2 Å². The molecule has 0 spiro atoms. The number of nitrogens with one attached hydrogen (secondary N) is 2. The second-order valence-electron chi connectivity index (χ2n) is 8.97. The van der Waals surface area contributed by atoms with Crippen molar-refractivity contribution in [3.8, 4) is 11.1 Å². The van der Waals surface area contributed by atoms with Crippen molar-refractivity contribution in [2.24, 2.45) is 0 Å². The minimum absolute atomic E-state index is 0.190.